The van der Waals surface area contributed by atoms with E-state index in [0.717, 1.165) is 29.6 Å². The molecular formula is C13H7F14N. The van der Waals surface area contributed by atoms with Gasteiger partial charge in [0.1, 0.15) is 0 Å². The fourth-order valence-electron chi connectivity index (χ4n) is 1.71. The zero-order valence-electron chi connectivity index (χ0n) is 12.8. The summed E-state index contributed by atoms with van der Waals surface area (Å²) in [5, 5.41) is 0.896. The molecule has 0 aliphatic heterocycles. The summed E-state index contributed by atoms with van der Waals surface area (Å²) in [4.78, 5) is 0. The van der Waals surface area contributed by atoms with Gasteiger partial charge in [-0.15, -0.1) is 0 Å². The molecule has 0 saturated heterocycles. The van der Waals surface area contributed by atoms with Gasteiger partial charge in [-0.25, -0.2) is 4.39 Å². The van der Waals surface area contributed by atoms with Crippen molar-refractivity contribution < 1.29 is 61.5 Å². The summed E-state index contributed by atoms with van der Waals surface area (Å²) in [5.41, 5.74) is -0.749. The Balaban J connectivity index is 3.36. The third-order valence-electron chi connectivity index (χ3n) is 3.34. The first kappa shape index (κ1) is 24.1. The van der Waals surface area contributed by atoms with Crippen molar-refractivity contribution in [2.75, 3.05) is 5.32 Å². The summed E-state index contributed by atoms with van der Waals surface area (Å²) in [7, 11) is 0. The van der Waals surface area contributed by atoms with Crippen molar-refractivity contribution in [3.05, 3.63) is 30.3 Å². The monoisotopic (exact) mass is 443 g/mol. The second kappa shape index (κ2) is 6.83. The lowest BCUT2D eigenvalue weighted by Crippen LogP contribution is -2.71. The Morgan fingerprint density at radius 2 is 0.964 bits per heavy atom. The maximum absolute atomic E-state index is 13.5. The topological polar surface area (TPSA) is 12.0 Å². The smallest absolute Gasteiger partial charge is 0.351 e. The van der Waals surface area contributed by atoms with E-state index in [-0.39, 0.29) is 0 Å². The second-order valence-corrected chi connectivity index (χ2v) is 5.29. The van der Waals surface area contributed by atoms with Crippen LogP contribution in [0.25, 0.3) is 0 Å². The number of halogens is 14. The van der Waals surface area contributed by atoms with Crippen molar-refractivity contribution in [1.29, 1.82) is 0 Å². The van der Waals surface area contributed by atoms with Gasteiger partial charge in [0.15, 0.2) is 0 Å². The Bertz CT molecular complexity index is 666. The molecule has 0 aliphatic carbocycles. The van der Waals surface area contributed by atoms with E-state index in [1.54, 1.807) is 0 Å². The molecule has 0 aliphatic rings. The summed E-state index contributed by atoms with van der Waals surface area (Å²) < 4.78 is 181. The minimum absolute atomic E-state index is 0.741. The van der Waals surface area contributed by atoms with Gasteiger partial charge in [-0.3, -0.25) is 0 Å². The van der Waals surface area contributed by atoms with Gasteiger partial charge in [0.2, 0.25) is 6.30 Å². The Labute approximate surface area is 146 Å². The molecule has 1 N–H and O–H groups in total. The van der Waals surface area contributed by atoms with Crippen LogP contribution in [0.5, 0.6) is 0 Å². The van der Waals surface area contributed by atoms with E-state index < -0.39 is 47.8 Å². The first-order chi connectivity index (χ1) is 12.2. The van der Waals surface area contributed by atoms with Crippen molar-refractivity contribution in [2.45, 2.75) is 42.1 Å². The molecule has 15 heteroatoms. The van der Waals surface area contributed by atoms with Gasteiger partial charge in [-0.05, 0) is 12.1 Å². The molecule has 1 aromatic rings. The highest BCUT2D eigenvalue weighted by Gasteiger charge is 2.91. The van der Waals surface area contributed by atoms with E-state index in [1.807, 2.05) is 0 Å². The number of nitrogens with one attached hydrogen (secondary N) is 1. The molecule has 0 radical (unpaired) electrons. The molecule has 28 heavy (non-hydrogen) atoms. The molecule has 1 unspecified atom stereocenters. The maximum atomic E-state index is 13.5. The van der Waals surface area contributed by atoms with Crippen LogP contribution < -0.4 is 5.32 Å². The van der Waals surface area contributed by atoms with Crippen LogP contribution in [0.1, 0.15) is 0 Å². The van der Waals surface area contributed by atoms with E-state index in [9.17, 15) is 61.5 Å². The fraction of sp³-hybridized carbons (Fsp3) is 0.538. The van der Waals surface area contributed by atoms with Gasteiger partial charge in [-0.2, -0.15) is 57.1 Å². The van der Waals surface area contributed by atoms with E-state index in [4.69, 9.17) is 0 Å². The van der Waals surface area contributed by atoms with Gasteiger partial charge in [0, 0.05) is 5.69 Å². The quantitative estimate of drug-likeness (QED) is 0.395. The first-order valence-corrected chi connectivity index (χ1v) is 6.66. The fourth-order valence-corrected chi connectivity index (χ4v) is 1.71. The van der Waals surface area contributed by atoms with E-state index >= 15 is 0 Å². The van der Waals surface area contributed by atoms with Crippen LogP contribution in [-0.2, 0) is 0 Å². The number of alkyl halides is 14. The molecule has 162 valence electrons. The Kier molecular flexibility index (Phi) is 5.87. The Hall–Kier alpha value is -1.96. The summed E-state index contributed by atoms with van der Waals surface area (Å²) in [6.07, 6.45) is -12.1. The minimum atomic E-state index is -8.06. The SMILES string of the molecule is FC(Nc1ccccc1)C(F)(F)C(F)(F)C(F)(F)C(F)(F)C(F)(F)C(F)(F)F. The van der Waals surface area contributed by atoms with Crippen LogP contribution in [0.15, 0.2) is 30.3 Å². The summed E-state index contributed by atoms with van der Waals surface area (Å²) in [6.45, 7) is 0. The molecule has 0 aromatic heterocycles. The second-order valence-electron chi connectivity index (χ2n) is 5.29. The van der Waals surface area contributed by atoms with Crippen molar-refractivity contribution in [2.24, 2.45) is 0 Å². The average Bonchev–Trinajstić information content (AvgIpc) is 2.53. The molecule has 0 heterocycles. The van der Waals surface area contributed by atoms with Gasteiger partial charge < -0.3 is 5.32 Å². The van der Waals surface area contributed by atoms with E-state index in [0.29, 0.717) is 0 Å². The first-order valence-electron chi connectivity index (χ1n) is 6.66. The lowest BCUT2D eigenvalue weighted by molar-refractivity contribution is -0.442. The summed E-state index contributed by atoms with van der Waals surface area (Å²) in [5.74, 6) is -38.5. The number of anilines is 1. The standard InChI is InChI=1S/C13H7F14N/c14-7(28-6-4-2-1-3-5-6)8(15,16)9(17,18)10(19,20)11(21,22)12(23,24)13(25,26)27/h1-5,7,28H. The molecular weight excluding hydrogens is 436 g/mol. The number of benzene rings is 1. The molecule has 1 atom stereocenters. The molecule has 0 spiro atoms. The molecule has 0 fully saturated rings. The van der Waals surface area contributed by atoms with Crippen molar-refractivity contribution in [3.63, 3.8) is 0 Å². The van der Waals surface area contributed by atoms with Crippen LogP contribution in [0.4, 0.5) is 67.2 Å². The predicted molar refractivity (Wildman–Crippen MR) is 65.8 cm³/mol. The zero-order chi connectivity index (χ0) is 22.4. The highest BCUT2D eigenvalue weighted by atomic mass is 19.4. The Morgan fingerprint density at radius 3 is 1.36 bits per heavy atom. The molecule has 1 aromatic carbocycles. The molecule has 0 saturated carbocycles. The molecule has 0 bridgehead atoms. The number of rotatable bonds is 7. The summed E-state index contributed by atoms with van der Waals surface area (Å²) in [6, 6.07) is 4.71. The van der Waals surface area contributed by atoms with Crippen LogP contribution in [0.2, 0.25) is 0 Å². The van der Waals surface area contributed by atoms with Gasteiger partial charge >= 0.3 is 35.8 Å². The van der Waals surface area contributed by atoms with Gasteiger partial charge in [0.25, 0.3) is 0 Å². The van der Waals surface area contributed by atoms with Crippen LogP contribution in [0, 0.1) is 0 Å². The van der Waals surface area contributed by atoms with Gasteiger partial charge in [0.05, 0.1) is 0 Å². The minimum Gasteiger partial charge on any atom is -0.351 e. The Morgan fingerprint density at radius 1 is 0.571 bits per heavy atom. The van der Waals surface area contributed by atoms with Crippen molar-refractivity contribution >= 4 is 5.69 Å². The molecule has 1 nitrogen and oxygen atoms in total. The van der Waals surface area contributed by atoms with E-state index in [1.165, 1.54) is 6.07 Å². The molecule has 0 amide bonds. The zero-order valence-corrected chi connectivity index (χ0v) is 12.8. The largest absolute Gasteiger partial charge is 0.460 e. The maximum Gasteiger partial charge on any atom is 0.460 e. The lowest BCUT2D eigenvalue weighted by Gasteiger charge is -2.40. The number of para-hydroxylation sites is 1. The van der Waals surface area contributed by atoms with E-state index in [2.05, 4.69) is 0 Å². The normalized spacial score (nSPS) is 16.1. The lowest BCUT2D eigenvalue weighted by atomic mass is 9.93. The third kappa shape index (κ3) is 3.43. The van der Waals surface area contributed by atoms with Crippen LogP contribution in [0.3, 0.4) is 0 Å². The highest BCUT2D eigenvalue weighted by Crippen LogP contribution is 2.60. The third-order valence-corrected chi connectivity index (χ3v) is 3.34. The summed E-state index contributed by atoms with van der Waals surface area (Å²) >= 11 is 0. The van der Waals surface area contributed by atoms with Crippen LogP contribution >= 0.6 is 0 Å². The van der Waals surface area contributed by atoms with Crippen LogP contribution in [-0.4, -0.2) is 42.1 Å². The van der Waals surface area contributed by atoms with Crippen molar-refractivity contribution in [1.82, 2.24) is 0 Å². The molecule has 1 rings (SSSR count). The van der Waals surface area contributed by atoms with Gasteiger partial charge in [-0.1, -0.05) is 18.2 Å². The number of hydrogen-bond acceptors (Lipinski definition) is 1. The highest BCUT2D eigenvalue weighted by molar-refractivity contribution is 5.43. The average molecular weight is 443 g/mol. The number of hydrogen-bond donors (Lipinski definition) is 1. The predicted octanol–water partition coefficient (Wildman–Crippen LogP) is 6.13. The van der Waals surface area contributed by atoms with Crippen molar-refractivity contribution in [3.8, 4) is 0 Å².